The van der Waals surface area contributed by atoms with Crippen molar-refractivity contribution in [3.63, 3.8) is 0 Å². The topological polar surface area (TPSA) is 92.3 Å². The zero-order valence-electron chi connectivity index (χ0n) is 11.2. The zero-order valence-corrected chi connectivity index (χ0v) is 12.9. The molecule has 1 heterocycles. The maximum Gasteiger partial charge on any atom is 0.248 e. The smallest absolute Gasteiger partial charge is 0.248 e. The molecule has 8 heteroatoms. The molecule has 6 nitrogen and oxygen atoms in total. The van der Waals surface area contributed by atoms with E-state index in [-0.39, 0.29) is 23.2 Å². The van der Waals surface area contributed by atoms with Crippen LogP contribution in [-0.4, -0.2) is 37.5 Å². The molecule has 1 atom stereocenters. The fraction of sp³-hybridized carbons (Fsp3) is 0.385. The summed E-state index contributed by atoms with van der Waals surface area (Å²) >= 11 is 1.35. The van der Waals surface area contributed by atoms with E-state index in [1.165, 1.54) is 11.8 Å². The van der Waals surface area contributed by atoms with E-state index in [9.17, 15) is 18.0 Å². The first-order valence-electron chi connectivity index (χ1n) is 6.43. The quantitative estimate of drug-likeness (QED) is 0.615. The summed E-state index contributed by atoms with van der Waals surface area (Å²) in [5.41, 5.74) is 4.58. The van der Waals surface area contributed by atoms with Crippen LogP contribution in [0.5, 0.6) is 0 Å². The van der Waals surface area contributed by atoms with Gasteiger partial charge in [0.05, 0.1) is 23.2 Å². The first-order valence-corrected chi connectivity index (χ1v) is 9.24. The van der Waals surface area contributed by atoms with Gasteiger partial charge in [-0.3, -0.25) is 20.4 Å². The Bertz CT molecular complexity index is 616. The van der Waals surface area contributed by atoms with Crippen LogP contribution in [0.1, 0.15) is 6.42 Å². The number of nitrogens with one attached hydrogen (secondary N) is 2. The zero-order chi connectivity index (χ0) is 15.3. The van der Waals surface area contributed by atoms with E-state index in [2.05, 4.69) is 10.9 Å². The van der Waals surface area contributed by atoms with Crippen molar-refractivity contribution < 1.29 is 18.0 Å². The number of amides is 2. The van der Waals surface area contributed by atoms with Gasteiger partial charge in [-0.25, -0.2) is 8.42 Å². The molecule has 0 bridgehead atoms. The number of hydrogen-bond donors (Lipinski definition) is 2. The molecule has 1 aromatic rings. The molecule has 0 saturated carbocycles. The molecule has 2 rings (SSSR count). The fourth-order valence-electron chi connectivity index (χ4n) is 1.94. The number of carbonyl (C=O) groups is 2. The van der Waals surface area contributed by atoms with Gasteiger partial charge >= 0.3 is 0 Å². The lowest BCUT2D eigenvalue weighted by Gasteiger charge is -2.10. The molecule has 21 heavy (non-hydrogen) atoms. The Morgan fingerprint density at radius 3 is 2.52 bits per heavy atom. The van der Waals surface area contributed by atoms with E-state index in [0.717, 1.165) is 4.90 Å². The lowest BCUT2D eigenvalue weighted by molar-refractivity contribution is -0.129. The van der Waals surface area contributed by atoms with E-state index in [1.54, 1.807) is 0 Å². The van der Waals surface area contributed by atoms with Crippen LogP contribution in [0.25, 0.3) is 0 Å². The molecule has 1 aromatic carbocycles. The van der Waals surface area contributed by atoms with Gasteiger partial charge in [0.15, 0.2) is 9.84 Å². The van der Waals surface area contributed by atoms with Crippen LogP contribution in [0.15, 0.2) is 35.2 Å². The highest BCUT2D eigenvalue weighted by Crippen LogP contribution is 2.18. The van der Waals surface area contributed by atoms with Gasteiger partial charge in [-0.15, -0.1) is 11.8 Å². The average molecular weight is 328 g/mol. The first kappa shape index (κ1) is 15.8. The Morgan fingerprint density at radius 2 is 1.90 bits per heavy atom. The predicted molar refractivity (Wildman–Crippen MR) is 80.2 cm³/mol. The van der Waals surface area contributed by atoms with E-state index in [1.807, 2.05) is 30.3 Å². The van der Waals surface area contributed by atoms with Crippen LogP contribution in [0, 0.1) is 5.92 Å². The Kier molecular flexibility index (Phi) is 5.24. The highest BCUT2D eigenvalue weighted by Gasteiger charge is 2.33. The summed E-state index contributed by atoms with van der Waals surface area (Å²) < 4.78 is 22.5. The van der Waals surface area contributed by atoms with Crippen molar-refractivity contribution in [2.24, 2.45) is 5.92 Å². The standard InChI is InChI=1S/C13H16N2O4S2/c16-12(8-20-11-4-2-1-3-5-11)14-15-13(17)10-6-7-21(18,19)9-10/h1-5,10H,6-9H2,(H,14,16)(H,15,17)/t10-/m0/s1. The van der Waals surface area contributed by atoms with Crippen LogP contribution < -0.4 is 10.9 Å². The molecule has 0 spiro atoms. The van der Waals surface area contributed by atoms with Crippen molar-refractivity contribution in [1.29, 1.82) is 0 Å². The average Bonchev–Trinajstić information content (AvgIpc) is 2.84. The number of carbonyl (C=O) groups excluding carboxylic acids is 2. The first-order chi connectivity index (χ1) is 9.96. The van der Waals surface area contributed by atoms with Crippen molar-refractivity contribution in [2.45, 2.75) is 11.3 Å². The summed E-state index contributed by atoms with van der Waals surface area (Å²) in [4.78, 5) is 24.3. The lowest BCUT2D eigenvalue weighted by atomic mass is 10.1. The van der Waals surface area contributed by atoms with E-state index in [0.29, 0.717) is 6.42 Å². The number of thioether (sulfide) groups is 1. The Labute approximate surface area is 127 Å². The molecule has 0 radical (unpaired) electrons. The Morgan fingerprint density at radius 1 is 1.19 bits per heavy atom. The molecule has 2 amide bonds. The summed E-state index contributed by atoms with van der Waals surface area (Å²) in [6.07, 6.45) is 0.308. The van der Waals surface area contributed by atoms with Crippen LogP contribution in [0.2, 0.25) is 0 Å². The van der Waals surface area contributed by atoms with Gasteiger partial charge in [-0.1, -0.05) is 18.2 Å². The maximum absolute atomic E-state index is 11.7. The SMILES string of the molecule is O=C(CSc1ccccc1)NNC(=O)[C@H]1CCS(=O)(=O)C1. The second kappa shape index (κ2) is 6.95. The summed E-state index contributed by atoms with van der Waals surface area (Å²) in [5.74, 6) is -1.30. The van der Waals surface area contributed by atoms with Crippen molar-refractivity contribution in [1.82, 2.24) is 10.9 Å². The monoisotopic (exact) mass is 328 g/mol. The largest absolute Gasteiger partial charge is 0.273 e. The molecule has 1 saturated heterocycles. The Hall–Kier alpha value is -1.54. The van der Waals surface area contributed by atoms with Crippen molar-refractivity contribution in [3.8, 4) is 0 Å². The van der Waals surface area contributed by atoms with E-state index >= 15 is 0 Å². The van der Waals surface area contributed by atoms with Crippen molar-refractivity contribution in [3.05, 3.63) is 30.3 Å². The third-order valence-corrected chi connectivity index (χ3v) is 5.82. The van der Waals surface area contributed by atoms with Gasteiger partial charge in [0.2, 0.25) is 11.8 Å². The number of rotatable bonds is 4. The maximum atomic E-state index is 11.7. The molecule has 0 aromatic heterocycles. The molecule has 0 aliphatic carbocycles. The minimum atomic E-state index is -3.10. The number of hydrazine groups is 1. The molecule has 0 unspecified atom stereocenters. The summed E-state index contributed by atoms with van der Waals surface area (Å²) in [6.45, 7) is 0. The number of sulfone groups is 1. The minimum absolute atomic E-state index is 0.0306. The highest BCUT2D eigenvalue weighted by molar-refractivity contribution is 8.00. The molecular weight excluding hydrogens is 312 g/mol. The van der Waals surface area contributed by atoms with Crippen LogP contribution in [0.3, 0.4) is 0 Å². The molecule has 2 N–H and O–H groups in total. The Balaban J connectivity index is 1.70. The second-order valence-corrected chi connectivity index (χ2v) is 8.02. The summed E-state index contributed by atoms with van der Waals surface area (Å²) in [6, 6.07) is 9.42. The van der Waals surface area contributed by atoms with Gasteiger partial charge in [0.1, 0.15) is 0 Å². The van der Waals surface area contributed by atoms with E-state index in [4.69, 9.17) is 0 Å². The summed E-state index contributed by atoms with van der Waals surface area (Å²) in [5, 5.41) is 0. The molecule has 1 aliphatic rings. The van der Waals surface area contributed by atoms with Gasteiger partial charge in [-0.2, -0.15) is 0 Å². The highest BCUT2D eigenvalue weighted by atomic mass is 32.2. The van der Waals surface area contributed by atoms with E-state index < -0.39 is 21.7 Å². The van der Waals surface area contributed by atoms with Gasteiger partial charge in [0, 0.05) is 4.90 Å². The van der Waals surface area contributed by atoms with Crippen LogP contribution in [0.4, 0.5) is 0 Å². The molecule has 1 aliphatic heterocycles. The molecule has 1 fully saturated rings. The molecule has 114 valence electrons. The van der Waals surface area contributed by atoms with Gasteiger partial charge < -0.3 is 0 Å². The van der Waals surface area contributed by atoms with Gasteiger partial charge in [-0.05, 0) is 18.6 Å². The lowest BCUT2D eigenvalue weighted by Crippen LogP contribution is -2.45. The van der Waals surface area contributed by atoms with Crippen LogP contribution in [-0.2, 0) is 19.4 Å². The van der Waals surface area contributed by atoms with Crippen molar-refractivity contribution in [2.75, 3.05) is 17.3 Å². The third-order valence-electron chi connectivity index (χ3n) is 3.04. The number of hydrogen-bond acceptors (Lipinski definition) is 5. The van der Waals surface area contributed by atoms with Crippen molar-refractivity contribution >= 4 is 33.4 Å². The predicted octanol–water partition coefficient (Wildman–Crippen LogP) is 0.361. The fourth-order valence-corrected chi connectivity index (χ4v) is 4.40. The second-order valence-electron chi connectivity index (χ2n) is 4.74. The number of benzene rings is 1. The normalized spacial score (nSPS) is 19.9. The minimum Gasteiger partial charge on any atom is -0.273 e. The molecular formula is C13H16N2O4S2. The van der Waals surface area contributed by atoms with Crippen LogP contribution >= 0.6 is 11.8 Å². The van der Waals surface area contributed by atoms with Gasteiger partial charge in [0.25, 0.3) is 0 Å². The third kappa shape index (κ3) is 5.05. The summed E-state index contributed by atoms with van der Waals surface area (Å²) in [7, 11) is -3.10.